The Bertz CT molecular complexity index is 1230. The van der Waals surface area contributed by atoms with Crippen molar-refractivity contribution < 1.29 is 33.5 Å². The average Bonchev–Trinajstić information content (AvgIpc) is 3.38. The molecule has 0 fully saturated rings. The average molecular weight is 630 g/mol. The maximum atomic E-state index is 13.7. The van der Waals surface area contributed by atoms with Gasteiger partial charge in [-0.25, -0.2) is 19.4 Å². The van der Waals surface area contributed by atoms with E-state index in [4.69, 9.17) is 16.2 Å². The molecule has 0 saturated carbocycles. The number of ether oxygens (including phenoxy) is 1. The van der Waals surface area contributed by atoms with Crippen LogP contribution in [0.25, 0.3) is 0 Å². The van der Waals surface area contributed by atoms with E-state index >= 15 is 0 Å². The van der Waals surface area contributed by atoms with Gasteiger partial charge in [-0.15, -0.1) is 4.48 Å². The number of urea groups is 1. The minimum Gasteiger partial charge on any atom is -0.444 e. The number of nitrogens with one attached hydrogen (secondary N) is 1. The number of aliphatic hydroxyl groups excluding tert-OH is 1. The lowest BCUT2D eigenvalue weighted by Crippen LogP contribution is -2.59. The van der Waals surface area contributed by atoms with Gasteiger partial charge in [0, 0.05) is 31.8 Å². The molecule has 5 atom stereocenters. The highest BCUT2D eigenvalue weighted by Crippen LogP contribution is 2.28. The first kappa shape index (κ1) is 37.6. The fraction of sp³-hybridized carbons (Fsp3) is 0.606. The topological polar surface area (TPSA) is 177 Å². The second-order valence-corrected chi connectivity index (χ2v) is 13.2. The van der Waals surface area contributed by atoms with Gasteiger partial charge < -0.3 is 26.6 Å². The van der Waals surface area contributed by atoms with Gasteiger partial charge in [-0.2, -0.15) is 0 Å². The van der Waals surface area contributed by atoms with Crippen LogP contribution in [-0.2, 0) is 20.7 Å². The van der Waals surface area contributed by atoms with Crippen molar-refractivity contribution >= 4 is 30.3 Å². The van der Waals surface area contributed by atoms with Crippen molar-refractivity contribution in [3.8, 4) is 0 Å². The number of hydrogen-bond donors (Lipinski definition) is 4. The Labute approximate surface area is 267 Å². The van der Waals surface area contributed by atoms with E-state index in [1.807, 2.05) is 51.1 Å². The van der Waals surface area contributed by atoms with Gasteiger partial charge >= 0.3 is 18.0 Å². The number of quaternary nitrogens is 1. The fourth-order valence-corrected chi connectivity index (χ4v) is 5.23. The van der Waals surface area contributed by atoms with E-state index < -0.39 is 52.3 Å². The number of carbonyl (C=O) groups is 4. The number of aliphatic imine (C=N–C) groups is 1. The number of imide groups is 1. The minimum atomic E-state index is -1.09. The highest BCUT2D eigenvalue weighted by molar-refractivity contribution is 5.95. The summed E-state index contributed by atoms with van der Waals surface area (Å²) in [5.74, 6) is -0.713. The number of hydrogen-bond acceptors (Lipinski definition) is 8. The van der Waals surface area contributed by atoms with E-state index in [-0.39, 0.29) is 31.2 Å². The van der Waals surface area contributed by atoms with Gasteiger partial charge in [0.1, 0.15) is 23.5 Å². The zero-order valence-corrected chi connectivity index (χ0v) is 27.9. The van der Waals surface area contributed by atoms with Crippen LogP contribution in [0.5, 0.6) is 0 Å². The molecule has 0 saturated heterocycles. The summed E-state index contributed by atoms with van der Waals surface area (Å²) in [7, 11) is 0. The zero-order valence-electron chi connectivity index (χ0n) is 27.9. The Kier molecular flexibility index (Phi) is 13.9. The van der Waals surface area contributed by atoms with E-state index in [9.17, 15) is 24.3 Å². The molecule has 1 aromatic carbocycles. The highest BCUT2D eigenvalue weighted by Gasteiger charge is 2.48. The van der Waals surface area contributed by atoms with Crippen molar-refractivity contribution in [3.05, 3.63) is 47.8 Å². The Morgan fingerprint density at radius 3 is 2.29 bits per heavy atom. The standard InChI is InChI=1S/C33H52N6O6/c1-8-9-15-29(41)36-19-28(40)27(16-22(2)3)38(32(44)45-33(5,6)7)23(4)17-25-20-39(21-37-25,31(35)43)30(42)26(34)18-24-13-11-10-12-14-24/h10-14,20-23,26-28,40H,8-9,15-19,34H2,1-7H3,(H2-,35,36,41,43)/p+1/t23-,26+,27?,28?,39?/m1/s1. The van der Waals surface area contributed by atoms with E-state index in [1.54, 1.807) is 27.7 Å². The predicted molar refractivity (Wildman–Crippen MR) is 173 cm³/mol. The monoisotopic (exact) mass is 629 g/mol. The number of amides is 5. The smallest absolute Gasteiger partial charge is 0.432 e. The zero-order chi connectivity index (χ0) is 33.9. The van der Waals surface area contributed by atoms with Crippen molar-refractivity contribution in [3.63, 3.8) is 0 Å². The molecule has 250 valence electrons. The number of primary amides is 1. The van der Waals surface area contributed by atoms with E-state index in [1.165, 1.54) is 17.4 Å². The molecule has 1 heterocycles. The summed E-state index contributed by atoms with van der Waals surface area (Å²) in [6.45, 7) is 12.9. The molecule has 0 radical (unpaired) electrons. The number of nitrogens with zero attached hydrogens (tertiary/aromatic N) is 3. The Balaban J connectivity index is 2.37. The second kappa shape index (κ2) is 16.6. The molecule has 3 unspecified atom stereocenters. The molecular formula is C33H53N6O6+. The van der Waals surface area contributed by atoms with Crippen molar-refractivity contribution in [1.29, 1.82) is 0 Å². The largest absolute Gasteiger partial charge is 0.444 e. The number of unbranched alkanes of at least 4 members (excludes halogenated alkanes) is 1. The molecule has 12 nitrogen and oxygen atoms in total. The second-order valence-electron chi connectivity index (χ2n) is 13.2. The van der Waals surface area contributed by atoms with Gasteiger partial charge in [-0.05, 0) is 52.0 Å². The lowest BCUT2D eigenvalue weighted by Gasteiger charge is -2.40. The van der Waals surface area contributed by atoms with Crippen LogP contribution in [0.2, 0.25) is 0 Å². The van der Waals surface area contributed by atoms with Gasteiger partial charge in [-0.1, -0.05) is 57.5 Å². The van der Waals surface area contributed by atoms with Crippen molar-refractivity contribution in [2.75, 3.05) is 6.54 Å². The van der Waals surface area contributed by atoms with E-state index in [0.717, 1.165) is 18.4 Å². The normalized spacial score (nSPS) is 18.9. The third-order valence-corrected chi connectivity index (χ3v) is 7.47. The molecule has 6 N–H and O–H groups in total. The van der Waals surface area contributed by atoms with Crippen LogP contribution in [0.15, 0.2) is 47.2 Å². The van der Waals surface area contributed by atoms with Gasteiger partial charge in [0.25, 0.3) is 0 Å². The van der Waals surface area contributed by atoms with Crippen LogP contribution in [0, 0.1) is 5.92 Å². The molecule has 0 bridgehead atoms. The molecular weight excluding hydrogens is 576 g/mol. The fourth-order valence-electron chi connectivity index (χ4n) is 5.23. The third-order valence-electron chi connectivity index (χ3n) is 7.47. The number of aliphatic hydroxyl groups is 1. The maximum Gasteiger partial charge on any atom is 0.432 e. The summed E-state index contributed by atoms with van der Waals surface area (Å²) < 4.78 is 4.78. The van der Waals surface area contributed by atoms with Crippen LogP contribution in [0.3, 0.4) is 0 Å². The SMILES string of the molecule is CCCCC(=O)NCC(O)C(CC(C)C)N(C(=O)OC(C)(C)C)[C@H](C)CC1=C[N+](C(N)=O)(C(=O)[C@@H](N)Cc2ccccc2)C=N1. The van der Waals surface area contributed by atoms with Crippen LogP contribution in [0.1, 0.15) is 86.1 Å². The minimum absolute atomic E-state index is 0.0394. The highest BCUT2D eigenvalue weighted by atomic mass is 16.6. The number of benzene rings is 1. The quantitative estimate of drug-likeness (QED) is 0.212. The summed E-state index contributed by atoms with van der Waals surface area (Å²) in [6, 6.07) is 5.90. The summed E-state index contributed by atoms with van der Waals surface area (Å²) in [6.07, 6.45) is 3.50. The van der Waals surface area contributed by atoms with E-state index in [0.29, 0.717) is 18.5 Å². The molecule has 2 rings (SSSR count). The van der Waals surface area contributed by atoms with E-state index in [2.05, 4.69) is 10.3 Å². The Hall–Kier alpha value is -3.61. The predicted octanol–water partition coefficient (Wildman–Crippen LogP) is 3.96. The summed E-state index contributed by atoms with van der Waals surface area (Å²) >= 11 is 0. The number of nitrogens with two attached hydrogens (primary N) is 2. The van der Waals surface area contributed by atoms with Crippen LogP contribution in [0.4, 0.5) is 9.59 Å². The third kappa shape index (κ3) is 11.1. The molecule has 1 aromatic rings. The maximum absolute atomic E-state index is 13.7. The summed E-state index contributed by atoms with van der Waals surface area (Å²) in [5, 5.41) is 14.1. The molecule has 12 heteroatoms. The number of rotatable bonds is 15. The first-order valence-corrected chi connectivity index (χ1v) is 15.8. The van der Waals surface area contributed by atoms with Crippen molar-refractivity contribution in [2.24, 2.45) is 22.4 Å². The van der Waals surface area contributed by atoms with Crippen molar-refractivity contribution in [1.82, 2.24) is 10.2 Å². The molecule has 1 aliphatic heterocycles. The van der Waals surface area contributed by atoms with Crippen LogP contribution in [-0.4, -0.2) is 81.1 Å². The van der Waals surface area contributed by atoms with Gasteiger partial charge in [-0.3, -0.25) is 9.69 Å². The Morgan fingerprint density at radius 2 is 1.73 bits per heavy atom. The molecule has 0 aromatic heterocycles. The van der Waals surface area contributed by atoms with Gasteiger partial charge in [0.15, 0.2) is 0 Å². The molecule has 1 aliphatic rings. The lowest BCUT2D eigenvalue weighted by molar-refractivity contribution is -0.606. The summed E-state index contributed by atoms with van der Waals surface area (Å²) in [4.78, 5) is 58.0. The number of carbonyl (C=O) groups excluding carboxylic acids is 4. The first-order chi connectivity index (χ1) is 21.0. The van der Waals surface area contributed by atoms with Crippen LogP contribution >= 0.6 is 0 Å². The van der Waals surface area contributed by atoms with Crippen molar-refractivity contribution in [2.45, 2.75) is 117 Å². The molecule has 45 heavy (non-hydrogen) atoms. The Morgan fingerprint density at radius 1 is 1.09 bits per heavy atom. The lowest BCUT2D eigenvalue weighted by atomic mass is 9.95. The van der Waals surface area contributed by atoms with Gasteiger partial charge in [0.2, 0.25) is 12.2 Å². The van der Waals surface area contributed by atoms with Gasteiger partial charge in [0.05, 0.1) is 12.1 Å². The molecule has 0 spiro atoms. The molecule has 0 aliphatic carbocycles. The molecule has 5 amide bonds. The summed E-state index contributed by atoms with van der Waals surface area (Å²) in [5.41, 5.74) is 12.3. The first-order valence-electron chi connectivity index (χ1n) is 15.8. The van der Waals surface area contributed by atoms with Crippen LogP contribution < -0.4 is 16.8 Å².